The number of likely N-dealkylation sites (tertiary alicyclic amines) is 1. The van der Waals surface area contributed by atoms with E-state index in [2.05, 4.69) is 21.8 Å². The smallest absolute Gasteiger partial charge is 0.420 e. The number of nitrogens with zero attached hydrogens (tertiary/aromatic N) is 4. The minimum atomic E-state index is -1.13. The van der Waals surface area contributed by atoms with Gasteiger partial charge in [0.2, 0.25) is 0 Å². The highest BCUT2D eigenvalue weighted by atomic mass is 35.5. The van der Waals surface area contributed by atoms with Crippen LogP contribution in [0.5, 0.6) is 5.75 Å². The van der Waals surface area contributed by atoms with Crippen LogP contribution in [0.1, 0.15) is 44.1 Å². The first-order chi connectivity index (χ1) is 21.4. The second kappa shape index (κ2) is 13.3. The molecule has 1 aliphatic rings. The lowest BCUT2D eigenvalue weighted by Crippen LogP contribution is -2.41. The molecule has 2 aromatic carbocycles. The maximum Gasteiger partial charge on any atom is 0.420 e. The number of benzene rings is 2. The van der Waals surface area contributed by atoms with Gasteiger partial charge in [0.25, 0.3) is 0 Å². The van der Waals surface area contributed by atoms with Gasteiger partial charge >= 0.3 is 12.2 Å². The van der Waals surface area contributed by atoms with Crippen LogP contribution in [0.4, 0.5) is 25.5 Å². The van der Waals surface area contributed by atoms with Crippen LogP contribution < -0.4 is 9.64 Å². The minimum Gasteiger partial charge on any atom is -0.487 e. The molecular weight excluding hydrogens is 623 g/mol. The number of thiophene rings is 1. The fourth-order valence-corrected chi connectivity index (χ4v) is 6.05. The second-order valence-electron chi connectivity index (χ2n) is 11.3. The average Bonchev–Trinajstić information content (AvgIpc) is 3.59. The molecule has 0 bridgehead atoms. The lowest BCUT2D eigenvalue weighted by Gasteiger charge is -2.27. The molecule has 1 saturated heterocycles. The summed E-state index contributed by atoms with van der Waals surface area (Å²) < 4.78 is 25.7. The van der Waals surface area contributed by atoms with Gasteiger partial charge in [0.05, 0.1) is 44.5 Å². The van der Waals surface area contributed by atoms with E-state index in [0.29, 0.717) is 44.9 Å². The molecule has 0 aliphatic carbocycles. The summed E-state index contributed by atoms with van der Waals surface area (Å²) in [6.45, 7) is 5.07. The Morgan fingerprint density at radius 3 is 2.67 bits per heavy atom. The van der Waals surface area contributed by atoms with Crippen molar-refractivity contribution in [1.82, 2.24) is 14.9 Å². The van der Waals surface area contributed by atoms with Gasteiger partial charge in [-0.1, -0.05) is 35.6 Å². The van der Waals surface area contributed by atoms with E-state index in [1.807, 2.05) is 0 Å². The van der Waals surface area contributed by atoms with E-state index in [1.54, 1.807) is 57.2 Å². The van der Waals surface area contributed by atoms with Crippen LogP contribution in [-0.4, -0.2) is 61.6 Å². The van der Waals surface area contributed by atoms with Crippen molar-refractivity contribution >= 4 is 56.8 Å². The number of anilines is 2. The van der Waals surface area contributed by atoms with Crippen LogP contribution in [0.2, 0.25) is 5.02 Å². The van der Waals surface area contributed by atoms with Crippen LogP contribution in [0.15, 0.2) is 54.9 Å². The molecule has 1 aliphatic heterocycles. The molecule has 13 heteroatoms. The highest BCUT2D eigenvalue weighted by molar-refractivity contribution is 7.20. The van der Waals surface area contributed by atoms with E-state index in [-0.39, 0.29) is 29.9 Å². The van der Waals surface area contributed by atoms with Crippen molar-refractivity contribution in [2.45, 2.75) is 57.9 Å². The molecule has 234 valence electrons. The third-order valence-corrected chi connectivity index (χ3v) is 8.16. The number of ether oxygens (including phenoxy) is 2. The minimum absolute atomic E-state index is 0.0872. The van der Waals surface area contributed by atoms with Crippen LogP contribution in [-0.2, 0) is 11.3 Å². The molecular formula is C32H30ClFN4O6S. The molecule has 5 rings (SSSR count). The zero-order valence-electron chi connectivity index (χ0n) is 24.7. The third kappa shape index (κ3) is 7.45. The SMILES string of the molecule is CC(C)(C)OC(=O)N(c1ccc(OCc2cccc(F)c2)c(Cl)c1)c1ncnc2cc(C#C[C@H]3CC[C@H](CO)N3C(=O)O)sc12. The van der Waals surface area contributed by atoms with E-state index in [1.165, 1.54) is 39.6 Å². The largest absolute Gasteiger partial charge is 0.487 e. The predicted molar refractivity (Wildman–Crippen MR) is 169 cm³/mol. The number of halogens is 2. The second-order valence-corrected chi connectivity index (χ2v) is 12.7. The van der Waals surface area contributed by atoms with Crippen LogP contribution in [0.25, 0.3) is 10.2 Å². The third-order valence-electron chi connectivity index (χ3n) is 6.83. The standard InChI is InChI=1S/C32H30ClFN4O6S/c1-32(2,3)44-31(42)38(22-10-12-27(25(33)14-22)43-17-19-5-4-6-20(34)13-19)29-28-26(35-18-36-29)15-24(45-28)11-9-21-7-8-23(16-39)37(21)30(40)41/h4-6,10,12-15,18,21,23,39H,7-8,16-17H2,1-3H3,(H,40,41)/t21-,23-/m1/s1. The Balaban J connectivity index is 1.48. The van der Waals surface area contributed by atoms with Gasteiger partial charge in [-0.2, -0.15) is 0 Å². The van der Waals surface area contributed by atoms with E-state index >= 15 is 0 Å². The zero-order chi connectivity index (χ0) is 32.3. The summed E-state index contributed by atoms with van der Waals surface area (Å²) in [6, 6.07) is 11.5. The molecule has 45 heavy (non-hydrogen) atoms. The van der Waals surface area contributed by atoms with Crippen LogP contribution in [0.3, 0.4) is 0 Å². The van der Waals surface area contributed by atoms with Crippen molar-refractivity contribution in [3.8, 4) is 17.6 Å². The van der Waals surface area contributed by atoms with Crippen LogP contribution >= 0.6 is 22.9 Å². The first-order valence-electron chi connectivity index (χ1n) is 14.0. The fraction of sp³-hybridized carbons (Fsp3) is 0.312. The van der Waals surface area contributed by atoms with Gasteiger partial charge in [-0.25, -0.2) is 28.8 Å². The molecule has 4 aromatic rings. The van der Waals surface area contributed by atoms with Crippen molar-refractivity contribution in [1.29, 1.82) is 0 Å². The molecule has 0 spiro atoms. The number of rotatable bonds is 6. The van der Waals surface area contributed by atoms with Gasteiger partial charge < -0.3 is 19.7 Å². The van der Waals surface area contributed by atoms with Crippen molar-refractivity contribution in [2.24, 2.45) is 0 Å². The quantitative estimate of drug-likeness (QED) is 0.214. The van der Waals surface area contributed by atoms with Gasteiger partial charge in [0, 0.05) is 0 Å². The number of hydrogen-bond donors (Lipinski definition) is 2. The summed E-state index contributed by atoms with van der Waals surface area (Å²) in [5.74, 6) is 6.26. The van der Waals surface area contributed by atoms with Gasteiger partial charge in [0.15, 0.2) is 5.82 Å². The Morgan fingerprint density at radius 2 is 1.98 bits per heavy atom. The van der Waals surface area contributed by atoms with E-state index in [0.717, 1.165) is 0 Å². The van der Waals surface area contributed by atoms with Gasteiger partial charge in [-0.05, 0) is 75.6 Å². The maximum absolute atomic E-state index is 13.6. The summed E-state index contributed by atoms with van der Waals surface area (Å²) in [7, 11) is 0. The number of hydrogen-bond acceptors (Lipinski definition) is 8. The summed E-state index contributed by atoms with van der Waals surface area (Å²) >= 11 is 7.83. The number of fused-ring (bicyclic) bond motifs is 1. The molecule has 0 radical (unpaired) electrons. The first-order valence-corrected chi connectivity index (χ1v) is 15.2. The molecule has 0 unspecified atom stereocenters. The van der Waals surface area contributed by atoms with Gasteiger partial charge in [0.1, 0.15) is 30.1 Å². The summed E-state index contributed by atoms with van der Waals surface area (Å²) in [5, 5.41) is 19.4. The van der Waals surface area contributed by atoms with Gasteiger partial charge in [-0.15, -0.1) is 11.3 Å². The highest BCUT2D eigenvalue weighted by Gasteiger charge is 2.35. The number of amides is 2. The molecule has 2 aromatic heterocycles. The van der Waals surface area contributed by atoms with E-state index in [9.17, 15) is 24.2 Å². The predicted octanol–water partition coefficient (Wildman–Crippen LogP) is 6.99. The van der Waals surface area contributed by atoms with Crippen molar-refractivity contribution in [3.05, 3.63) is 76.1 Å². The number of aliphatic hydroxyl groups is 1. The lowest BCUT2D eigenvalue weighted by atomic mass is 10.2. The number of aromatic nitrogens is 2. The van der Waals surface area contributed by atoms with Crippen molar-refractivity contribution in [2.75, 3.05) is 11.5 Å². The van der Waals surface area contributed by atoms with E-state index in [4.69, 9.17) is 21.1 Å². The normalized spacial score (nSPS) is 16.3. The first kappa shape index (κ1) is 32.0. The number of carboxylic acid groups (broad SMARTS) is 1. The Kier molecular flexibility index (Phi) is 9.43. The molecule has 2 atom stereocenters. The number of carbonyl (C=O) groups is 2. The summed E-state index contributed by atoms with van der Waals surface area (Å²) in [6.07, 6.45) is 0.520. The number of carbonyl (C=O) groups excluding carboxylic acids is 1. The molecule has 2 N–H and O–H groups in total. The maximum atomic E-state index is 13.6. The summed E-state index contributed by atoms with van der Waals surface area (Å²) in [4.78, 5) is 37.3. The molecule has 10 nitrogen and oxygen atoms in total. The monoisotopic (exact) mass is 652 g/mol. The van der Waals surface area contributed by atoms with Crippen molar-refractivity contribution in [3.63, 3.8) is 0 Å². The average molecular weight is 653 g/mol. The topological polar surface area (TPSA) is 125 Å². The fourth-order valence-electron chi connectivity index (χ4n) is 4.87. The Morgan fingerprint density at radius 1 is 1.18 bits per heavy atom. The zero-order valence-corrected chi connectivity index (χ0v) is 26.2. The molecule has 3 heterocycles. The Bertz CT molecular complexity index is 1800. The number of aliphatic hydroxyl groups excluding tert-OH is 1. The molecule has 1 fully saturated rings. The van der Waals surface area contributed by atoms with Gasteiger partial charge in [-0.3, -0.25) is 4.90 Å². The van der Waals surface area contributed by atoms with E-state index < -0.39 is 29.9 Å². The lowest BCUT2D eigenvalue weighted by molar-refractivity contribution is 0.0598. The Hall–Kier alpha value is -4.44. The molecule has 2 amide bonds. The van der Waals surface area contributed by atoms with Crippen LogP contribution in [0, 0.1) is 17.7 Å². The van der Waals surface area contributed by atoms with Crippen molar-refractivity contribution < 1.29 is 33.7 Å². The highest BCUT2D eigenvalue weighted by Crippen LogP contribution is 2.38. The Labute approximate surface area is 268 Å². The summed E-state index contributed by atoms with van der Waals surface area (Å²) in [5.41, 5.74) is 0.683. The molecule has 0 saturated carbocycles.